The van der Waals surface area contributed by atoms with E-state index < -0.39 is 0 Å². The molecule has 1 aromatic heterocycles. The summed E-state index contributed by atoms with van der Waals surface area (Å²) < 4.78 is 7.68. The average molecular weight is 272 g/mol. The van der Waals surface area contributed by atoms with Gasteiger partial charge in [0.2, 0.25) is 0 Å². The van der Waals surface area contributed by atoms with Gasteiger partial charge in [0.25, 0.3) is 0 Å². The van der Waals surface area contributed by atoms with Gasteiger partial charge in [-0.1, -0.05) is 17.3 Å². The van der Waals surface area contributed by atoms with Gasteiger partial charge < -0.3 is 10.5 Å². The van der Waals surface area contributed by atoms with Gasteiger partial charge in [0, 0.05) is 18.9 Å². The highest BCUT2D eigenvalue weighted by Crippen LogP contribution is 2.41. The minimum atomic E-state index is 0.572. The zero-order valence-corrected chi connectivity index (χ0v) is 11.7. The molecule has 0 spiro atoms. The summed E-state index contributed by atoms with van der Waals surface area (Å²) in [4.78, 5) is 0. The molecular weight excluding hydrogens is 252 g/mol. The molecule has 3 rings (SSSR count). The SMILES string of the molecule is Cc1cccc(OCCCn2nnc(N)c2C2CC2)c1. The Morgan fingerprint density at radius 1 is 1.40 bits per heavy atom. The second kappa shape index (κ2) is 5.53. The number of anilines is 1. The van der Waals surface area contributed by atoms with Crippen LogP contribution in [0.3, 0.4) is 0 Å². The van der Waals surface area contributed by atoms with Crippen LogP contribution in [0.1, 0.15) is 36.4 Å². The van der Waals surface area contributed by atoms with E-state index in [4.69, 9.17) is 10.5 Å². The van der Waals surface area contributed by atoms with Crippen LogP contribution in [0.2, 0.25) is 0 Å². The van der Waals surface area contributed by atoms with Gasteiger partial charge in [-0.05, 0) is 37.5 Å². The third-order valence-electron chi connectivity index (χ3n) is 3.54. The molecule has 1 heterocycles. The topological polar surface area (TPSA) is 66.0 Å². The van der Waals surface area contributed by atoms with Gasteiger partial charge in [-0.15, -0.1) is 5.10 Å². The van der Waals surface area contributed by atoms with Gasteiger partial charge in [0.1, 0.15) is 5.75 Å². The minimum absolute atomic E-state index is 0.572. The Labute approximate surface area is 118 Å². The maximum atomic E-state index is 5.87. The normalized spacial score (nSPS) is 14.4. The Morgan fingerprint density at radius 3 is 3.00 bits per heavy atom. The predicted octanol–water partition coefficient (Wildman–Crippen LogP) is 2.52. The van der Waals surface area contributed by atoms with E-state index in [1.165, 1.54) is 18.4 Å². The van der Waals surface area contributed by atoms with E-state index in [2.05, 4.69) is 23.3 Å². The molecule has 0 atom stereocenters. The zero-order chi connectivity index (χ0) is 13.9. The molecule has 0 radical (unpaired) electrons. The monoisotopic (exact) mass is 272 g/mol. The van der Waals surface area contributed by atoms with Gasteiger partial charge in [-0.2, -0.15) is 0 Å². The molecule has 0 aliphatic heterocycles. The summed E-state index contributed by atoms with van der Waals surface area (Å²) in [5.41, 5.74) is 8.19. The summed E-state index contributed by atoms with van der Waals surface area (Å²) in [6.07, 6.45) is 3.31. The van der Waals surface area contributed by atoms with Crippen molar-refractivity contribution in [2.24, 2.45) is 0 Å². The average Bonchev–Trinajstić information content (AvgIpc) is 3.19. The van der Waals surface area contributed by atoms with Crippen molar-refractivity contribution < 1.29 is 4.74 Å². The molecule has 0 amide bonds. The Hall–Kier alpha value is -2.04. The van der Waals surface area contributed by atoms with Crippen molar-refractivity contribution >= 4 is 5.82 Å². The van der Waals surface area contributed by atoms with Crippen LogP contribution in [-0.4, -0.2) is 21.6 Å². The van der Waals surface area contributed by atoms with Crippen LogP contribution in [0.25, 0.3) is 0 Å². The third kappa shape index (κ3) is 2.92. The maximum Gasteiger partial charge on any atom is 0.169 e. The Bertz CT molecular complexity index is 589. The fourth-order valence-electron chi connectivity index (χ4n) is 2.39. The van der Waals surface area contributed by atoms with Crippen molar-refractivity contribution in [2.75, 3.05) is 12.3 Å². The highest BCUT2D eigenvalue weighted by molar-refractivity contribution is 5.38. The molecule has 2 aromatic rings. The highest BCUT2D eigenvalue weighted by atomic mass is 16.5. The van der Waals surface area contributed by atoms with Crippen LogP contribution >= 0.6 is 0 Å². The molecule has 5 nitrogen and oxygen atoms in total. The first-order chi connectivity index (χ1) is 9.74. The van der Waals surface area contributed by atoms with Crippen LogP contribution in [0.15, 0.2) is 24.3 Å². The molecule has 5 heteroatoms. The third-order valence-corrected chi connectivity index (χ3v) is 3.54. The van der Waals surface area contributed by atoms with Crippen molar-refractivity contribution in [1.29, 1.82) is 0 Å². The molecule has 1 saturated carbocycles. The van der Waals surface area contributed by atoms with E-state index in [1.807, 2.05) is 22.9 Å². The fraction of sp³-hybridized carbons (Fsp3) is 0.467. The van der Waals surface area contributed by atoms with Crippen LogP contribution in [0, 0.1) is 6.92 Å². The lowest BCUT2D eigenvalue weighted by molar-refractivity contribution is 0.296. The molecule has 0 unspecified atom stereocenters. The molecule has 1 aliphatic carbocycles. The van der Waals surface area contributed by atoms with Gasteiger partial charge in [-0.25, -0.2) is 4.68 Å². The van der Waals surface area contributed by atoms with Gasteiger partial charge in [0.15, 0.2) is 5.82 Å². The fourth-order valence-corrected chi connectivity index (χ4v) is 2.39. The number of rotatable bonds is 6. The van der Waals surface area contributed by atoms with Gasteiger partial charge >= 0.3 is 0 Å². The number of aromatic nitrogens is 3. The van der Waals surface area contributed by atoms with Crippen molar-refractivity contribution in [2.45, 2.75) is 38.6 Å². The molecule has 1 fully saturated rings. The summed E-state index contributed by atoms with van der Waals surface area (Å²) >= 11 is 0. The lowest BCUT2D eigenvalue weighted by atomic mass is 10.2. The van der Waals surface area contributed by atoms with E-state index in [0.717, 1.165) is 24.4 Å². The number of hydrogen-bond acceptors (Lipinski definition) is 4. The first-order valence-corrected chi connectivity index (χ1v) is 7.12. The Balaban J connectivity index is 1.50. The highest BCUT2D eigenvalue weighted by Gasteiger charge is 2.30. The largest absolute Gasteiger partial charge is 0.494 e. The summed E-state index contributed by atoms with van der Waals surface area (Å²) in [5, 5.41) is 8.10. The molecular formula is C15H20N4O. The second-order valence-corrected chi connectivity index (χ2v) is 5.38. The number of nitrogens with zero attached hydrogens (tertiary/aromatic N) is 3. The number of nitrogen functional groups attached to an aromatic ring is 1. The lowest BCUT2D eigenvalue weighted by Crippen LogP contribution is -2.09. The van der Waals surface area contributed by atoms with E-state index in [1.54, 1.807) is 0 Å². The number of aryl methyl sites for hydroxylation is 2. The van der Waals surface area contributed by atoms with Crippen LogP contribution in [0.5, 0.6) is 5.75 Å². The maximum absolute atomic E-state index is 5.87. The lowest BCUT2D eigenvalue weighted by Gasteiger charge is -2.08. The summed E-state index contributed by atoms with van der Waals surface area (Å²) in [7, 11) is 0. The Kier molecular flexibility index (Phi) is 3.58. The molecule has 106 valence electrons. The van der Waals surface area contributed by atoms with Crippen molar-refractivity contribution in [3.8, 4) is 5.75 Å². The Morgan fingerprint density at radius 2 is 2.25 bits per heavy atom. The zero-order valence-electron chi connectivity index (χ0n) is 11.7. The van der Waals surface area contributed by atoms with E-state index in [9.17, 15) is 0 Å². The minimum Gasteiger partial charge on any atom is -0.494 e. The van der Waals surface area contributed by atoms with Crippen molar-refractivity contribution in [1.82, 2.24) is 15.0 Å². The number of nitrogens with two attached hydrogens (primary N) is 1. The molecule has 2 N–H and O–H groups in total. The number of benzene rings is 1. The van der Waals surface area contributed by atoms with Crippen molar-refractivity contribution in [3.63, 3.8) is 0 Å². The molecule has 1 aromatic carbocycles. The van der Waals surface area contributed by atoms with Crippen LogP contribution < -0.4 is 10.5 Å². The smallest absolute Gasteiger partial charge is 0.169 e. The summed E-state index contributed by atoms with van der Waals surface area (Å²) in [6, 6.07) is 8.10. The van der Waals surface area contributed by atoms with Crippen molar-refractivity contribution in [3.05, 3.63) is 35.5 Å². The first kappa shape index (κ1) is 13.0. The van der Waals surface area contributed by atoms with Crippen LogP contribution in [0.4, 0.5) is 5.82 Å². The summed E-state index contributed by atoms with van der Waals surface area (Å²) in [6.45, 7) is 3.54. The molecule has 0 bridgehead atoms. The first-order valence-electron chi connectivity index (χ1n) is 7.12. The number of hydrogen-bond donors (Lipinski definition) is 1. The molecule has 20 heavy (non-hydrogen) atoms. The molecule has 0 saturated heterocycles. The summed E-state index contributed by atoms with van der Waals surface area (Å²) in [5.74, 6) is 2.08. The van der Waals surface area contributed by atoms with Gasteiger partial charge in [0.05, 0.1) is 12.3 Å². The predicted molar refractivity (Wildman–Crippen MR) is 77.7 cm³/mol. The van der Waals surface area contributed by atoms with E-state index in [0.29, 0.717) is 18.3 Å². The van der Waals surface area contributed by atoms with E-state index in [-0.39, 0.29) is 0 Å². The van der Waals surface area contributed by atoms with Gasteiger partial charge in [-0.3, -0.25) is 0 Å². The van der Waals surface area contributed by atoms with Crippen LogP contribution in [-0.2, 0) is 6.54 Å². The second-order valence-electron chi connectivity index (χ2n) is 5.38. The number of ether oxygens (including phenoxy) is 1. The quantitative estimate of drug-likeness (QED) is 0.821. The standard InChI is InChI=1S/C15H20N4O/c1-11-4-2-5-13(10-11)20-9-3-8-19-14(12-6-7-12)15(16)17-18-19/h2,4-5,10,12H,3,6-9,16H2,1H3. The van der Waals surface area contributed by atoms with E-state index >= 15 is 0 Å². The molecule has 1 aliphatic rings.